The van der Waals surface area contributed by atoms with E-state index in [2.05, 4.69) is 35.4 Å². The smallest absolute Gasteiger partial charge is 0.237 e. The van der Waals surface area contributed by atoms with Crippen molar-refractivity contribution in [2.45, 2.75) is 25.8 Å². The largest absolute Gasteiger partial charge is 0.493 e. The second-order valence-corrected chi connectivity index (χ2v) is 5.24. The maximum atomic E-state index is 5.92. The molecule has 0 fully saturated rings. The monoisotopic (exact) mass is 284 g/mol. The van der Waals surface area contributed by atoms with E-state index in [1.165, 1.54) is 11.1 Å². The van der Waals surface area contributed by atoms with Gasteiger partial charge in [0.15, 0.2) is 0 Å². The molecule has 0 saturated carbocycles. The van der Waals surface area contributed by atoms with Crippen LogP contribution in [-0.2, 0) is 0 Å². The second kappa shape index (κ2) is 6.04. The van der Waals surface area contributed by atoms with Gasteiger partial charge in [0.2, 0.25) is 5.88 Å². The van der Waals surface area contributed by atoms with Crippen LogP contribution in [0.15, 0.2) is 36.5 Å². The number of fused-ring (bicyclic) bond motifs is 1. The molecule has 1 N–H and O–H groups in total. The van der Waals surface area contributed by atoms with Crippen LogP contribution in [0.4, 0.5) is 5.69 Å². The van der Waals surface area contributed by atoms with Crippen molar-refractivity contribution in [2.24, 2.45) is 0 Å². The molecule has 21 heavy (non-hydrogen) atoms. The summed E-state index contributed by atoms with van der Waals surface area (Å²) >= 11 is 0. The number of ether oxygens (including phenoxy) is 2. The molecule has 0 amide bonds. The maximum absolute atomic E-state index is 5.92. The lowest BCUT2D eigenvalue weighted by molar-refractivity contribution is 0.314. The number of anilines is 1. The zero-order chi connectivity index (χ0) is 14.7. The zero-order valence-electron chi connectivity index (χ0n) is 12.4. The Morgan fingerprint density at radius 2 is 2.19 bits per heavy atom. The van der Waals surface area contributed by atoms with Crippen LogP contribution in [0.2, 0.25) is 0 Å². The fourth-order valence-electron chi connectivity index (χ4n) is 2.76. The number of nitrogens with zero attached hydrogens (tertiary/aromatic N) is 1. The fourth-order valence-corrected chi connectivity index (χ4v) is 2.76. The highest BCUT2D eigenvalue weighted by atomic mass is 16.5. The van der Waals surface area contributed by atoms with E-state index in [-0.39, 0.29) is 6.04 Å². The van der Waals surface area contributed by atoms with Gasteiger partial charge >= 0.3 is 0 Å². The Morgan fingerprint density at radius 3 is 3.05 bits per heavy atom. The molecule has 2 aromatic rings. The van der Waals surface area contributed by atoms with E-state index in [0.717, 1.165) is 30.9 Å². The predicted molar refractivity (Wildman–Crippen MR) is 83.1 cm³/mol. The van der Waals surface area contributed by atoms with E-state index < -0.39 is 0 Å². The van der Waals surface area contributed by atoms with Gasteiger partial charge in [-0.05, 0) is 37.5 Å². The first kappa shape index (κ1) is 13.7. The first-order valence-corrected chi connectivity index (χ1v) is 7.27. The Balaban J connectivity index is 1.94. The molecule has 1 aliphatic heterocycles. The predicted octanol–water partition coefficient (Wildman–Crippen LogP) is 3.72. The first-order valence-electron chi connectivity index (χ1n) is 7.27. The SMILES string of the molecule is COc1ncccc1NC1CCCOc2c(C)cccc21. The minimum Gasteiger partial charge on any atom is -0.493 e. The van der Waals surface area contributed by atoms with Gasteiger partial charge in [-0.2, -0.15) is 0 Å². The molecule has 4 nitrogen and oxygen atoms in total. The number of para-hydroxylation sites is 1. The Morgan fingerprint density at radius 1 is 1.29 bits per heavy atom. The molecule has 1 aromatic carbocycles. The van der Waals surface area contributed by atoms with E-state index >= 15 is 0 Å². The van der Waals surface area contributed by atoms with Gasteiger partial charge in [0, 0.05) is 11.8 Å². The molecule has 1 aliphatic rings. The minimum absolute atomic E-state index is 0.209. The van der Waals surface area contributed by atoms with Crippen molar-refractivity contribution in [1.29, 1.82) is 0 Å². The van der Waals surface area contributed by atoms with Gasteiger partial charge in [-0.25, -0.2) is 4.98 Å². The average Bonchev–Trinajstić information content (AvgIpc) is 2.72. The van der Waals surface area contributed by atoms with Crippen molar-refractivity contribution < 1.29 is 9.47 Å². The quantitative estimate of drug-likeness (QED) is 0.932. The van der Waals surface area contributed by atoms with Crippen molar-refractivity contribution in [3.63, 3.8) is 0 Å². The average molecular weight is 284 g/mol. The summed E-state index contributed by atoms with van der Waals surface area (Å²) in [6.07, 6.45) is 3.78. The van der Waals surface area contributed by atoms with Crippen LogP contribution in [0, 0.1) is 6.92 Å². The third-order valence-corrected chi connectivity index (χ3v) is 3.80. The number of benzene rings is 1. The Labute approximate surface area is 125 Å². The second-order valence-electron chi connectivity index (χ2n) is 5.24. The first-order chi connectivity index (χ1) is 10.3. The van der Waals surface area contributed by atoms with Crippen LogP contribution >= 0.6 is 0 Å². The topological polar surface area (TPSA) is 43.4 Å². The van der Waals surface area contributed by atoms with E-state index in [9.17, 15) is 0 Å². The lowest BCUT2D eigenvalue weighted by atomic mass is 9.99. The summed E-state index contributed by atoms with van der Waals surface area (Å²) in [6.45, 7) is 2.85. The van der Waals surface area contributed by atoms with Crippen LogP contribution < -0.4 is 14.8 Å². The molecule has 110 valence electrons. The van der Waals surface area contributed by atoms with Gasteiger partial charge in [0.25, 0.3) is 0 Å². The number of nitrogens with one attached hydrogen (secondary N) is 1. The van der Waals surface area contributed by atoms with Gasteiger partial charge in [-0.3, -0.25) is 0 Å². The molecule has 1 unspecified atom stereocenters. The summed E-state index contributed by atoms with van der Waals surface area (Å²) in [6, 6.07) is 10.4. The lowest BCUT2D eigenvalue weighted by Crippen LogP contribution is -2.11. The van der Waals surface area contributed by atoms with Crippen LogP contribution in [0.25, 0.3) is 0 Å². The highest BCUT2D eigenvalue weighted by Crippen LogP contribution is 2.37. The maximum Gasteiger partial charge on any atom is 0.237 e. The molecule has 0 spiro atoms. The number of pyridine rings is 1. The highest BCUT2D eigenvalue weighted by molar-refractivity contribution is 5.55. The Hall–Kier alpha value is -2.23. The molecule has 0 bridgehead atoms. The summed E-state index contributed by atoms with van der Waals surface area (Å²) in [5, 5.41) is 3.56. The molecule has 1 aromatic heterocycles. The highest BCUT2D eigenvalue weighted by Gasteiger charge is 2.21. The lowest BCUT2D eigenvalue weighted by Gasteiger charge is -2.21. The van der Waals surface area contributed by atoms with Gasteiger partial charge in [-0.1, -0.05) is 18.2 Å². The third kappa shape index (κ3) is 2.79. The summed E-state index contributed by atoms with van der Waals surface area (Å²) < 4.78 is 11.2. The van der Waals surface area contributed by atoms with Crippen LogP contribution in [0.3, 0.4) is 0 Å². The molecule has 0 radical (unpaired) electrons. The summed E-state index contributed by atoms with van der Waals surface area (Å²) in [4.78, 5) is 4.24. The number of methoxy groups -OCH3 is 1. The molecular weight excluding hydrogens is 264 g/mol. The van der Waals surface area contributed by atoms with Crippen molar-refractivity contribution in [3.05, 3.63) is 47.7 Å². The van der Waals surface area contributed by atoms with Gasteiger partial charge in [0.05, 0.1) is 25.4 Å². The molecule has 0 saturated heterocycles. The number of aryl methyl sites for hydroxylation is 1. The summed E-state index contributed by atoms with van der Waals surface area (Å²) in [5.74, 6) is 1.63. The molecular formula is C17H20N2O2. The zero-order valence-corrected chi connectivity index (χ0v) is 12.4. The van der Waals surface area contributed by atoms with Crippen LogP contribution in [-0.4, -0.2) is 18.7 Å². The molecule has 2 heterocycles. The van der Waals surface area contributed by atoms with E-state index in [0.29, 0.717) is 5.88 Å². The minimum atomic E-state index is 0.209. The molecule has 3 rings (SSSR count). The third-order valence-electron chi connectivity index (χ3n) is 3.80. The number of hydrogen-bond acceptors (Lipinski definition) is 4. The van der Waals surface area contributed by atoms with Gasteiger partial charge in [0.1, 0.15) is 5.75 Å². The van der Waals surface area contributed by atoms with Crippen molar-refractivity contribution in [3.8, 4) is 11.6 Å². The molecule has 0 aliphatic carbocycles. The normalized spacial score (nSPS) is 17.3. The van der Waals surface area contributed by atoms with E-state index in [1.54, 1.807) is 13.3 Å². The summed E-state index contributed by atoms with van der Waals surface area (Å²) in [7, 11) is 1.64. The van der Waals surface area contributed by atoms with Crippen LogP contribution in [0.1, 0.15) is 30.0 Å². The summed E-state index contributed by atoms with van der Waals surface area (Å²) in [5.41, 5.74) is 3.30. The fraction of sp³-hybridized carbons (Fsp3) is 0.353. The van der Waals surface area contributed by atoms with Crippen LogP contribution in [0.5, 0.6) is 11.6 Å². The Kier molecular flexibility index (Phi) is 3.95. The van der Waals surface area contributed by atoms with Gasteiger partial charge < -0.3 is 14.8 Å². The number of hydrogen-bond donors (Lipinski definition) is 1. The van der Waals surface area contributed by atoms with E-state index in [1.807, 2.05) is 12.1 Å². The van der Waals surface area contributed by atoms with Crippen molar-refractivity contribution >= 4 is 5.69 Å². The molecule has 1 atom stereocenters. The van der Waals surface area contributed by atoms with E-state index in [4.69, 9.17) is 9.47 Å². The standard InChI is InChI=1S/C17H20N2O2/c1-12-6-3-7-13-14(9-5-11-21-16(12)13)19-15-8-4-10-18-17(15)20-2/h3-4,6-8,10,14,19H,5,9,11H2,1-2H3. The van der Waals surface area contributed by atoms with Crippen molar-refractivity contribution in [1.82, 2.24) is 4.98 Å². The number of aromatic nitrogens is 1. The van der Waals surface area contributed by atoms with Gasteiger partial charge in [-0.15, -0.1) is 0 Å². The van der Waals surface area contributed by atoms with Crippen molar-refractivity contribution in [2.75, 3.05) is 19.0 Å². The number of rotatable bonds is 3. The Bertz CT molecular complexity index is 628. The molecule has 4 heteroatoms.